The Balaban J connectivity index is 1.88. The van der Waals surface area contributed by atoms with Gasteiger partial charge in [-0.1, -0.05) is 44.1 Å². The average Bonchev–Trinajstić information content (AvgIpc) is 2.82. The van der Waals surface area contributed by atoms with Crippen molar-refractivity contribution in [3.05, 3.63) is 23.3 Å². The molecule has 0 aromatic heterocycles. The number of allylic oxidation sites excluding steroid dienone is 4. The monoisotopic (exact) mass is 359 g/mol. The fraction of sp³-hybridized carbons (Fsp3) is 0.727. The summed E-state index contributed by atoms with van der Waals surface area (Å²) in [5.74, 6) is -0.0434. The maximum Gasteiger partial charge on any atom is 0.260 e. The third-order valence-corrected chi connectivity index (χ3v) is 6.76. The summed E-state index contributed by atoms with van der Waals surface area (Å²) in [5.41, 5.74) is 0.710. The van der Waals surface area contributed by atoms with E-state index in [1.54, 1.807) is 0 Å². The molecule has 0 aromatic rings. The second-order valence-corrected chi connectivity index (χ2v) is 9.27. The topological polar surface area (TPSA) is 66.4 Å². The van der Waals surface area contributed by atoms with Crippen LogP contribution < -0.4 is 5.32 Å². The molecule has 26 heavy (non-hydrogen) atoms. The molecule has 1 fully saturated rings. The number of fused-ring (bicyclic) bond motifs is 1. The number of Topliss-reactive ketones (excluding diaryl/α,β-unsaturated/α-hetero) is 1. The Morgan fingerprint density at radius 2 is 2.08 bits per heavy atom. The van der Waals surface area contributed by atoms with Gasteiger partial charge in [-0.25, -0.2) is 0 Å². The number of hydrogen-bond donors (Lipinski definition) is 2. The Morgan fingerprint density at radius 3 is 2.73 bits per heavy atom. The van der Waals surface area contributed by atoms with Crippen molar-refractivity contribution in [3.8, 4) is 0 Å². The van der Waals surface area contributed by atoms with Gasteiger partial charge in [0.15, 0.2) is 5.78 Å². The molecule has 2 aliphatic carbocycles. The molecule has 0 radical (unpaired) electrons. The van der Waals surface area contributed by atoms with Crippen molar-refractivity contribution in [1.82, 2.24) is 5.32 Å². The molecular formula is C22H33NO3. The first-order valence-corrected chi connectivity index (χ1v) is 10.0. The molecule has 0 saturated carbocycles. The van der Waals surface area contributed by atoms with E-state index in [-0.39, 0.29) is 36.0 Å². The van der Waals surface area contributed by atoms with Gasteiger partial charge in [-0.15, -0.1) is 0 Å². The first-order chi connectivity index (χ1) is 12.1. The van der Waals surface area contributed by atoms with Gasteiger partial charge in [0, 0.05) is 18.4 Å². The van der Waals surface area contributed by atoms with Gasteiger partial charge in [0.25, 0.3) is 5.91 Å². The Bertz CT molecular complexity index is 662. The summed E-state index contributed by atoms with van der Waals surface area (Å²) in [7, 11) is 0. The predicted octanol–water partition coefficient (Wildman–Crippen LogP) is 3.41. The van der Waals surface area contributed by atoms with Crippen LogP contribution in [0.2, 0.25) is 0 Å². The van der Waals surface area contributed by atoms with Crippen LogP contribution in [0.15, 0.2) is 23.3 Å². The molecule has 1 saturated heterocycles. The summed E-state index contributed by atoms with van der Waals surface area (Å²) >= 11 is 0. The molecule has 1 aliphatic heterocycles. The minimum absolute atomic E-state index is 0.0662. The molecular weight excluding hydrogens is 326 g/mol. The van der Waals surface area contributed by atoms with E-state index in [1.165, 1.54) is 11.1 Å². The summed E-state index contributed by atoms with van der Waals surface area (Å²) in [6, 6.07) is -0.115. The lowest BCUT2D eigenvalue weighted by molar-refractivity contribution is -0.154. The lowest BCUT2D eigenvalue weighted by Crippen LogP contribution is -2.53. The van der Waals surface area contributed by atoms with Gasteiger partial charge in [-0.2, -0.15) is 0 Å². The van der Waals surface area contributed by atoms with Crippen LogP contribution in [0.25, 0.3) is 0 Å². The van der Waals surface area contributed by atoms with E-state index in [0.29, 0.717) is 11.8 Å². The smallest absolute Gasteiger partial charge is 0.260 e. The number of carbonyl (C=O) groups is 2. The Kier molecular flexibility index (Phi) is 5.17. The van der Waals surface area contributed by atoms with Crippen LogP contribution in [-0.4, -0.2) is 28.4 Å². The molecule has 0 bridgehead atoms. The van der Waals surface area contributed by atoms with Crippen LogP contribution in [0, 0.1) is 29.6 Å². The van der Waals surface area contributed by atoms with Crippen LogP contribution in [0.5, 0.6) is 0 Å². The van der Waals surface area contributed by atoms with Crippen molar-refractivity contribution >= 4 is 11.7 Å². The zero-order valence-corrected chi connectivity index (χ0v) is 16.7. The summed E-state index contributed by atoms with van der Waals surface area (Å²) in [4.78, 5) is 26.1. The van der Waals surface area contributed by atoms with E-state index >= 15 is 0 Å². The second-order valence-electron chi connectivity index (χ2n) is 9.27. The quantitative estimate of drug-likeness (QED) is 0.597. The Morgan fingerprint density at radius 1 is 1.38 bits per heavy atom. The van der Waals surface area contributed by atoms with Crippen LogP contribution in [0.4, 0.5) is 0 Å². The van der Waals surface area contributed by atoms with Gasteiger partial charge in [0.1, 0.15) is 0 Å². The van der Waals surface area contributed by atoms with E-state index in [1.807, 2.05) is 0 Å². The second kappa shape index (κ2) is 6.95. The lowest BCUT2D eigenvalue weighted by Gasteiger charge is -2.43. The zero-order valence-electron chi connectivity index (χ0n) is 16.7. The number of amides is 1. The molecule has 0 spiro atoms. The molecule has 1 amide bonds. The minimum atomic E-state index is -1.86. The summed E-state index contributed by atoms with van der Waals surface area (Å²) in [6.07, 6.45) is 7.36. The van der Waals surface area contributed by atoms with Crippen molar-refractivity contribution in [2.45, 2.75) is 71.9 Å². The molecule has 4 nitrogen and oxygen atoms in total. The fourth-order valence-corrected chi connectivity index (χ4v) is 5.28. The van der Waals surface area contributed by atoms with Crippen LogP contribution in [0.1, 0.15) is 60.3 Å². The SMILES string of the molecule is CC1=CC[C@H]2[C@H](C(=O)[C@]3(O)C[C@H](CC(C)C)NC3=O)[C@H](C)C(C)=C[C@@H]2C1. The zero-order chi connectivity index (χ0) is 19.2. The molecule has 0 unspecified atom stereocenters. The molecule has 4 heteroatoms. The molecule has 2 N–H and O–H groups in total. The van der Waals surface area contributed by atoms with Gasteiger partial charge >= 0.3 is 0 Å². The lowest BCUT2D eigenvalue weighted by atomic mass is 9.60. The van der Waals surface area contributed by atoms with Gasteiger partial charge < -0.3 is 10.4 Å². The number of rotatable bonds is 4. The normalized spacial score (nSPS) is 40.0. The first-order valence-electron chi connectivity index (χ1n) is 10.0. The molecule has 3 aliphatic rings. The highest BCUT2D eigenvalue weighted by Gasteiger charge is 2.56. The maximum atomic E-state index is 13.5. The number of ketones is 1. The average molecular weight is 360 g/mol. The first kappa shape index (κ1) is 19.3. The standard InChI is InChI=1S/C22H33NO3/c1-12(2)8-17-11-22(26,21(25)23-17)20(24)19-15(5)14(4)10-16-9-13(3)6-7-18(16)19/h6,10,12,15-19,26H,7-9,11H2,1-5H3,(H,23,25)/t15-,16+,17+,18-,19-,22-/m1/s1. The summed E-state index contributed by atoms with van der Waals surface area (Å²) in [5, 5.41) is 14.0. The van der Waals surface area contributed by atoms with Crippen LogP contribution in [-0.2, 0) is 9.59 Å². The molecule has 6 atom stereocenters. The van der Waals surface area contributed by atoms with Crippen molar-refractivity contribution in [2.24, 2.45) is 29.6 Å². The number of aliphatic hydroxyl groups is 1. The molecule has 0 aromatic carbocycles. The van der Waals surface area contributed by atoms with E-state index in [9.17, 15) is 14.7 Å². The van der Waals surface area contributed by atoms with Crippen molar-refractivity contribution in [1.29, 1.82) is 0 Å². The van der Waals surface area contributed by atoms with Crippen molar-refractivity contribution in [3.63, 3.8) is 0 Å². The maximum absolute atomic E-state index is 13.5. The molecule has 1 heterocycles. The highest BCUT2D eigenvalue weighted by Crippen LogP contribution is 2.47. The van der Waals surface area contributed by atoms with Crippen molar-refractivity contribution in [2.75, 3.05) is 0 Å². The fourth-order valence-electron chi connectivity index (χ4n) is 5.28. The Hall–Kier alpha value is -1.42. The number of carbonyl (C=O) groups excluding carboxylic acids is 2. The van der Waals surface area contributed by atoms with Gasteiger partial charge in [-0.05, 0) is 56.8 Å². The van der Waals surface area contributed by atoms with Gasteiger partial charge in [-0.3, -0.25) is 9.59 Å². The van der Waals surface area contributed by atoms with Crippen LogP contribution in [0.3, 0.4) is 0 Å². The molecule has 3 rings (SSSR count). The Labute approximate surface area is 157 Å². The van der Waals surface area contributed by atoms with Gasteiger partial charge in [0.05, 0.1) is 0 Å². The highest BCUT2D eigenvalue weighted by atomic mass is 16.3. The molecule has 144 valence electrons. The third-order valence-electron chi connectivity index (χ3n) is 6.76. The van der Waals surface area contributed by atoms with E-state index in [4.69, 9.17) is 0 Å². The number of hydrogen-bond acceptors (Lipinski definition) is 3. The third kappa shape index (κ3) is 3.28. The predicted molar refractivity (Wildman–Crippen MR) is 102 cm³/mol. The minimum Gasteiger partial charge on any atom is -0.373 e. The summed E-state index contributed by atoms with van der Waals surface area (Å²) < 4.78 is 0. The van der Waals surface area contributed by atoms with E-state index < -0.39 is 11.5 Å². The van der Waals surface area contributed by atoms with E-state index in [0.717, 1.165) is 19.3 Å². The van der Waals surface area contributed by atoms with Crippen LogP contribution >= 0.6 is 0 Å². The number of nitrogens with one attached hydrogen (secondary N) is 1. The largest absolute Gasteiger partial charge is 0.373 e. The summed E-state index contributed by atoms with van der Waals surface area (Å²) in [6.45, 7) is 10.5. The van der Waals surface area contributed by atoms with E-state index in [2.05, 4.69) is 52.1 Å². The highest BCUT2D eigenvalue weighted by molar-refractivity contribution is 6.11. The van der Waals surface area contributed by atoms with Crippen molar-refractivity contribution < 1.29 is 14.7 Å². The van der Waals surface area contributed by atoms with Gasteiger partial charge in [0.2, 0.25) is 5.60 Å².